The fourth-order valence-electron chi connectivity index (χ4n) is 1.65. The summed E-state index contributed by atoms with van der Waals surface area (Å²) >= 11 is 0. The zero-order valence-electron chi connectivity index (χ0n) is 7.88. The van der Waals surface area contributed by atoms with Crippen molar-refractivity contribution in [2.75, 3.05) is 6.54 Å². The van der Waals surface area contributed by atoms with Crippen LogP contribution in [-0.4, -0.2) is 41.5 Å². The topological polar surface area (TPSA) is 63.3 Å². The molecule has 0 unspecified atom stereocenters. The Kier molecular flexibility index (Phi) is 13.5. The van der Waals surface area contributed by atoms with E-state index in [0.717, 1.165) is 25.7 Å². The number of hydrogen-bond acceptors (Lipinski definition) is 2. The van der Waals surface area contributed by atoms with Crippen molar-refractivity contribution in [3.8, 4) is 0 Å². The van der Waals surface area contributed by atoms with Gasteiger partial charge in [0.1, 0.15) is 0 Å². The summed E-state index contributed by atoms with van der Waals surface area (Å²) in [5.74, 6) is -0.163. The molecule has 14 heavy (non-hydrogen) atoms. The molecule has 0 bridgehead atoms. The minimum atomic E-state index is -0.638. The Hall–Kier alpha value is 0.0887. The van der Waals surface area contributed by atoms with E-state index < -0.39 is 5.97 Å². The van der Waals surface area contributed by atoms with Gasteiger partial charge in [0, 0.05) is 0 Å². The van der Waals surface area contributed by atoms with E-state index in [4.69, 9.17) is 10.8 Å². The van der Waals surface area contributed by atoms with Crippen LogP contribution in [0.4, 0.5) is 0 Å². The maximum Gasteiger partial charge on any atom is 2.00 e. The predicted molar refractivity (Wildman–Crippen MR) is 47.9 cm³/mol. The van der Waals surface area contributed by atoms with E-state index in [0.29, 0.717) is 12.5 Å². The third-order valence-electron chi connectivity index (χ3n) is 2.53. The van der Waals surface area contributed by atoms with Gasteiger partial charge in [0.15, 0.2) is 0 Å². The molecule has 82 valence electrons. The molecule has 0 aromatic rings. The monoisotopic (exact) mass is 315 g/mol. The van der Waals surface area contributed by atoms with Gasteiger partial charge in [-0.2, -0.15) is 0 Å². The number of carboxylic acids is 1. The number of hydrogen-bond donors (Lipinski definition) is 2. The van der Waals surface area contributed by atoms with Gasteiger partial charge < -0.3 is 20.2 Å². The van der Waals surface area contributed by atoms with Gasteiger partial charge in [0.2, 0.25) is 0 Å². The van der Waals surface area contributed by atoms with Gasteiger partial charge in [-0.25, -0.2) is 0 Å². The molecule has 3 nitrogen and oxygen atoms in total. The number of carboxylic acid groups (broad SMARTS) is 1. The molecule has 2 radical (unpaired) electrons. The maximum absolute atomic E-state index is 10.5. The van der Waals surface area contributed by atoms with Crippen LogP contribution in [-0.2, 0) is 4.79 Å². The Labute approximate surface area is 99.1 Å². The number of halogens is 2. The van der Waals surface area contributed by atoms with Gasteiger partial charge in [-0.3, -0.25) is 4.79 Å². The molecular weight excluding hydrogens is 299 g/mol. The number of carbonyl (C=O) groups is 1. The van der Waals surface area contributed by atoms with Crippen LogP contribution in [0.15, 0.2) is 0 Å². The van der Waals surface area contributed by atoms with Crippen LogP contribution in [0.2, 0.25) is 0 Å². The molecule has 0 saturated heterocycles. The fourth-order valence-corrected chi connectivity index (χ4v) is 1.65. The Morgan fingerprint density at radius 2 is 1.64 bits per heavy atom. The van der Waals surface area contributed by atoms with Gasteiger partial charge in [-0.1, -0.05) is 0 Å². The average Bonchev–Trinajstić information content (AvgIpc) is 2.05. The van der Waals surface area contributed by atoms with E-state index in [1.54, 1.807) is 0 Å². The summed E-state index contributed by atoms with van der Waals surface area (Å²) in [5, 5.41) is 8.67. The van der Waals surface area contributed by atoms with E-state index in [9.17, 15) is 4.79 Å². The first kappa shape index (κ1) is 19.6. The van der Waals surface area contributed by atoms with E-state index in [1.807, 2.05) is 0 Å². The first-order valence-corrected chi connectivity index (χ1v) is 4.17. The summed E-state index contributed by atoms with van der Waals surface area (Å²) in [5.41, 5.74) is 5.48. The van der Waals surface area contributed by atoms with Crippen molar-refractivity contribution >= 4 is 29.9 Å². The molecule has 0 aromatic carbocycles. The van der Waals surface area contributed by atoms with Crippen molar-refractivity contribution in [2.45, 2.75) is 25.7 Å². The number of rotatable bonds is 2. The molecule has 1 rings (SSSR count). The van der Waals surface area contributed by atoms with Crippen LogP contribution in [0.5, 0.6) is 0 Å². The van der Waals surface area contributed by atoms with Crippen LogP contribution in [0.25, 0.3) is 0 Å². The molecule has 0 aliphatic heterocycles. The molecule has 0 aromatic heterocycles. The second kappa shape index (κ2) is 9.64. The largest absolute Gasteiger partial charge is 2.00 e. The van der Waals surface area contributed by atoms with Crippen molar-refractivity contribution in [2.24, 2.45) is 17.6 Å². The molecule has 6 heteroatoms. The van der Waals surface area contributed by atoms with Crippen molar-refractivity contribution in [1.82, 2.24) is 0 Å². The molecule has 0 spiro atoms. The molecule has 1 aliphatic rings. The summed E-state index contributed by atoms with van der Waals surface area (Å²) < 4.78 is 0. The zero-order valence-corrected chi connectivity index (χ0v) is 10.7. The second-order valence-corrected chi connectivity index (χ2v) is 3.29. The molecule has 3 N–H and O–H groups in total. The fraction of sp³-hybridized carbons (Fsp3) is 0.875. The van der Waals surface area contributed by atoms with Gasteiger partial charge in [0.25, 0.3) is 0 Å². The number of nitrogens with two attached hydrogens (primary N) is 1. The SMILES string of the molecule is NC[C@H]1CC[C@H](C(=O)O)CC1.[F-].[F-].[Sn+2]. The summed E-state index contributed by atoms with van der Waals surface area (Å²) in [4.78, 5) is 10.5. The van der Waals surface area contributed by atoms with Crippen molar-refractivity contribution in [1.29, 1.82) is 0 Å². The Morgan fingerprint density at radius 3 is 1.93 bits per heavy atom. The minimum absolute atomic E-state index is 0. The molecule has 0 amide bonds. The Balaban J connectivity index is -0.000000403. The van der Waals surface area contributed by atoms with Gasteiger partial charge in [0.05, 0.1) is 5.92 Å². The molecule has 1 fully saturated rings. The van der Waals surface area contributed by atoms with E-state index >= 15 is 0 Å². The average molecular weight is 314 g/mol. The van der Waals surface area contributed by atoms with E-state index in [2.05, 4.69) is 0 Å². The summed E-state index contributed by atoms with van der Waals surface area (Å²) in [6, 6.07) is 0. The van der Waals surface area contributed by atoms with Crippen molar-refractivity contribution in [3.05, 3.63) is 0 Å². The molecule has 0 heterocycles. The second-order valence-electron chi connectivity index (χ2n) is 3.29. The normalized spacial score (nSPS) is 24.9. The summed E-state index contributed by atoms with van der Waals surface area (Å²) in [6.07, 6.45) is 3.62. The molecule has 1 saturated carbocycles. The third-order valence-corrected chi connectivity index (χ3v) is 2.53. The van der Waals surface area contributed by atoms with Crippen LogP contribution in [0.1, 0.15) is 25.7 Å². The maximum atomic E-state index is 10.5. The van der Waals surface area contributed by atoms with E-state index in [-0.39, 0.29) is 39.2 Å². The quantitative estimate of drug-likeness (QED) is 0.500. The molecule has 0 atom stereocenters. The van der Waals surface area contributed by atoms with Crippen molar-refractivity contribution in [3.63, 3.8) is 0 Å². The smallest absolute Gasteiger partial charge is 1.00 e. The van der Waals surface area contributed by atoms with Crippen LogP contribution >= 0.6 is 0 Å². The van der Waals surface area contributed by atoms with E-state index in [1.165, 1.54) is 0 Å². The van der Waals surface area contributed by atoms with Gasteiger partial charge in [-0.05, 0) is 38.1 Å². The first-order valence-electron chi connectivity index (χ1n) is 4.17. The predicted octanol–water partition coefficient (Wildman–Crippen LogP) is -5.54. The van der Waals surface area contributed by atoms with Gasteiger partial charge in [-0.15, -0.1) is 0 Å². The summed E-state index contributed by atoms with van der Waals surface area (Å²) in [6.45, 7) is 0.715. The first-order chi connectivity index (χ1) is 5.24. The van der Waals surface area contributed by atoms with Crippen LogP contribution in [0, 0.1) is 11.8 Å². The Morgan fingerprint density at radius 1 is 1.21 bits per heavy atom. The van der Waals surface area contributed by atoms with Gasteiger partial charge >= 0.3 is 29.9 Å². The zero-order chi connectivity index (χ0) is 8.27. The van der Waals surface area contributed by atoms with Crippen molar-refractivity contribution < 1.29 is 19.3 Å². The number of aliphatic carboxylic acids is 1. The standard InChI is InChI=1S/C8H15NO2.2FH.Sn/c9-5-6-1-3-7(4-2-6)8(10)11;;;/h6-7H,1-5,9H2,(H,10,11);2*1H;/q;;;+2/p-2/t6-,7-;;;. The molecular formula is C8H15F2NO2Sn. The van der Waals surface area contributed by atoms with Crippen LogP contribution in [0.3, 0.4) is 0 Å². The Bertz CT molecular complexity index is 152. The minimum Gasteiger partial charge on any atom is -1.00 e. The summed E-state index contributed by atoms with van der Waals surface area (Å²) in [7, 11) is 0. The molecule has 1 aliphatic carbocycles. The van der Waals surface area contributed by atoms with Crippen LogP contribution < -0.4 is 15.1 Å². The third kappa shape index (κ3) is 5.74.